The Morgan fingerprint density at radius 1 is 0.929 bits per heavy atom. The summed E-state index contributed by atoms with van der Waals surface area (Å²) in [6.45, 7) is 2.45. The van der Waals surface area contributed by atoms with Crippen molar-refractivity contribution in [3.8, 4) is 11.1 Å². The van der Waals surface area contributed by atoms with Gasteiger partial charge in [0.25, 0.3) is 0 Å². The molecule has 218 valence electrons. The van der Waals surface area contributed by atoms with Gasteiger partial charge < -0.3 is 24.6 Å². The summed E-state index contributed by atoms with van der Waals surface area (Å²) < 4.78 is 41.4. The lowest BCUT2D eigenvalue weighted by Crippen LogP contribution is -2.49. The number of benzene rings is 3. The van der Waals surface area contributed by atoms with Gasteiger partial charge >= 0.3 is 12.2 Å². The molecule has 0 bridgehead atoms. The first-order chi connectivity index (χ1) is 20.4. The molecule has 2 amide bonds. The number of cyclic esters (lactones) is 1. The molecule has 0 spiro atoms. The molecule has 12 heteroatoms. The summed E-state index contributed by atoms with van der Waals surface area (Å²) in [4.78, 5) is 27.3. The Bertz CT molecular complexity index is 1480. The molecule has 2 saturated heterocycles. The molecule has 0 radical (unpaired) electrons. The van der Waals surface area contributed by atoms with E-state index in [4.69, 9.17) is 9.47 Å². The van der Waals surface area contributed by atoms with Crippen LogP contribution in [0.5, 0.6) is 0 Å². The molecular formula is C30H30F2N6O4. The third-order valence-electron chi connectivity index (χ3n) is 7.35. The highest BCUT2D eigenvalue weighted by molar-refractivity contribution is 5.81. The molecule has 3 aliphatic heterocycles. The van der Waals surface area contributed by atoms with Crippen LogP contribution in [0.15, 0.2) is 79.1 Å². The van der Waals surface area contributed by atoms with Crippen LogP contribution < -0.4 is 20.8 Å². The zero-order chi connectivity index (χ0) is 29.1. The monoisotopic (exact) mass is 576 g/mol. The van der Waals surface area contributed by atoms with Gasteiger partial charge in [0.2, 0.25) is 0 Å². The lowest BCUT2D eigenvalue weighted by Gasteiger charge is -2.36. The zero-order valence-electron chi connectivity index (χ0n) is 22.7. The van der Waals surface area contributed by atoms with E-state index >= 15 is 8.78 Å². The molecule has 3 aromatic rings. The van der Waals surface area contributed by atoms with Gasteiger partial charge in [-0.2, -0.15) is 0 Å². The predicted molar refractivity (Wildman–Crippen MR) is 152 cm³/mol. The molecule has 3 aliphatic rings. The van der Waals surface area contributed by atoms with Gasteiger partial charge in [-0.3, -0.25) is 10.0 Å². The molecule has 0 saturated carbocycles. The van der Waals surface area contributed by atoms with Crippen molar-refractivity contribution in [1.82, 2.24) is 20.8 Å². The highest BCUT2D eigenvalue weighted by Crippen LogP contribution is 2.36. The van der Waals surface area contributed by atoms with E-state index in [1.54, 1.807) is 51.6 Å². The van der Waals surface area contributed by atoms with E-state index in [1.807, 2.05) is 35.2 Å². The Kier molecular flexibility index (Phi) is 7.78. The largest absolute Gasteiger partial charge is 0.445 e. The van der Waals surface area contributed by atoms with Crippen LogP contribution in [0.1, 0.15) is 5.56 Å². The van der Waals surface area contributed by atoms with Crippen molar-refractivity contribution in [3.05, 3.63) is 96.3 Å². The number of ether oxygens (including phenoxy) is 2. The van der Waals surface area contributed by atoms with E-state index in [1.165, 1.54) is 12.1 Å². The number of rotatable bonds is 7. The van der Waals surface area contributed by atoms with Crippen LogP contribution in [0.25, 0.3) is 11.1 Å². The van der Waals surface area contributed by atoms with Crippen LogP contribution in [0.2, 0.25) is 0 Å². The van der Waals surface area contributed by atoms with Crippen LogP contribution in [0.4, 0.5) is 29.7 Å². The number of alkyl carbamates (subject to hydrolysis) is 1. The van der Waals surface area contributed by atoms with Crippen LogP contribution in [0, 0.1) is 11.6 Å². The van der Waals surface area contributed by atoms with Crippen molar-refractivity contribution >= 4 is 23.6 Å². The minimum Gasteiger partial charge on any atom is -0.445 e. The molecule has 3 aromatic carbocycles. The minimum absolute atomic E-state index is 0.181. The van der Waals surface area contributed by atoms with Crippen molar-refractivity contribution in [3.63, 3.8) is 0 Å². The number of hydrazine groups is 2. The number of amides is 2. The van der Waals surface area contributed by atoms with Gasteiger partial charge in [0.05, 0.1) is 24.5 Å². The molecule has 0 aliphatic carbocycles. The van der Waals surface area contributed by atoms with Crippen molar-refractivity contribution in [2.75, 3.05) is 49.2 Å². The molecule has 10 nitrogen and oxygen atoms in total. The normalized spacial score (nSPS) is 18.3. The predicted octanol–water partition coefficient (Wildman–Crippen LogP) is 4.21. The fourth-order valence-corrected chi connectivity index (χ4v) is 5.20. The van der Waals surface area contributed by atoms with E-state index in [0.717, 1.165) is 5.56 Å². The summed E-state index contributed by atoms with van der Waals surface area (Å²) in [7, 11) is 0. The van der Waals surface area contributed by atoms with Gasteiger partial charge in [0.15, 0.2) is 0 Å². The third kappa shape index (κ3) is 5.93. The van der Waals surface area contributed by atoms with Gasteiger partial charge in [0, 0.05) is 49.7 Å². The fourth-order valence-electron chi connectivity index (χ4n) is 5.20. The van der Waals surface area contributed by atoms with Gasteiger partial charge in [-0.05, 0) is 29.8 Å². The Morgan fingerprint density at radius 3 is 2.48 bits per heavy atom. The second-order valence-corrected chi connectivity index (χ2v) is 10.1. The van der Waals surface area contributed by atoms with E-state index < -0.39 is 23.8 Å². The maximum atomic E-state index is 15.6. The van der Waals surface area contributed by atoms with Crippen LogP contribution in [0.3, 0.4) is 0 Å². The maximum absolute atomic E-state index is 15.6. The highest BCUT2D eigenvalue weighted by atomic mass is 19.1. The van der Waals surface area contributed by atoms with Gasteiger partial charge in [0.1, 0.15) is 24.3 Å². The summed E-state index contributed by atoms with van der Waals surface area (Å²) in [5, 5.41) is 5.98. The Hall–Kier alpha value is -4.84. The maximum Gasteiger partial charge on any atom is 0.410 e. The number of halogens is 2. The third-order valence-corrected chi connectivity index (χ3v) is 7.35. The van der Waals surface area contributed by atoms with Gasteiger partial charge in [-0.15, -0.1) is 5.53 Å². The van der Waals surface area contributed by atoms with Gasteiger partial charge in [-0.25, -0.2) is 18.4 Å². The second-order valence-electron chi connectivity index (χ2n) is 10.1. The van der Waals surface area contributed by atoms with Crippen molar-refractivity contribution < 1.29 is 27.8 Å². The minimum atomic E-state index is -0.509. The van der Waals surface area contributed by atoms with Crippen molar-refractivity contribution in [2.24, 2.45) is 0 Å². The van der Waals surface area contributed by atoms with Crippen LogP contribution in [-0.4, -0.2) is 67.5 Å². The molecule has 0 aromatic heterocycles. The molecular weight excluding hydrogens is 546 g/mol. The smallest absolute Gasteiger partial charge is 0.410 e. The SMILES string of the molecule is O=C1NC[C@@H](CN2C=CN(c3ccc(-c4cccc(F)c4N4CCN(C(=O)OCc5ccccc5)CC4)c(F)c3)N2)O1. The number of carbonyl (C=O) groups is 2. The van der Waals surface area contributed by atoms with Crippen LogP contribution >= 0.6 is 0 Å². The number of nitrogens with one attached hydrogen (secondary N) is 2. The average Bonchev–Trinajstić information content (AvgIpc) is 3.65. The lowest BCUT2D eigenvalue weighted by molar-refractivity contribution is 0.0941. The van der Waals surface area contributed by atoms with E-state index in [9.17, 15) is 9.59 Å². The standard InChI is InChI=1S/C30H30F2N6O4/c31-26-8-4-7-25(28(26)35-11-13-36(14-12-35)30(40)41-20-21-5-2-1-3-6-21)24-10-9-22(17-27(24)32)38-16-15-37(34-38)19-23-18-33-29(39)42-23/h1-10,15-17,23,34H,11-14,18-20H2,(H,33,39)/t23-/m0/s1. The zero-order valence-corrected chi connectivity index (χ0v) is 22.7. The summed E-state index contributed by atoms with van der Waals surface area (Å²) in [6.07, 6.45) is 2.33. The summed E-state index contributed by atoms with van der Waals surface area (Å²) in [5.41, 5.74) is 5.53. The Balaban J connectivity index is 1.11. The number of piperazine rings is 1. The van der Waals surface area contributed by atoms with Crippen LogP contribution in [-0.2, 0) is 16.1 Å². The van der Waals surface area contributed by atoms with E-state index in [0.29, 0.717) is 56.2 Å². The molecule has 0 unspecified atom stereocenters. The van der Waals surface area contributed by atoms with Crippen molar-refractivity contribution in [1.29, 1.82) is 0 Å². The topological polar surface area (TPSA) is 89.6 Å². The number of hydrogen-bond donors (Lipinski definition) is 2. The highest BCUT2D eigenvalue weighted by Gasteiger charge is 2.28. The molecule has 2 fully saturated rings. The summed E-state index contributed by atoms with van der Waals surface area (Å²) in [5.74, 6) is -0.969. The van der Waals surface area contributed by atoms with E-state index in [-0.39, 0.29) is 18.3 Å². The van der Waals surface area contributed by atoms with Crippen molar-refractivity contribution in [2.45, 2.75) is 12.7 Å². The Morgan fingerprint density at radius 2 is 1.74 bits per heavy atom. The number of anilines is 2. The van der Waals surface area contributed by atoms with E-state index in [2.05, 4.69) is 10.9 Å². The quantitative estimate of drug-likeness (QED) is 0.433. The second kappa shape index (κ2) is 12.0. The molecule has 42 heavy (non-hydrogen) atoms. The summed E-state index contributed by atoms with van der Waals surface area (Å²) >= 11 is 0. The number of hydrogen-bond acceptors (Lipinski definition) is 8. The lowest BCUT2D eigenvalue weighted by atomic mass is 10.0. The molecule has 3 heterocycles. The molecule has 6 rings (SSSR count). The average molecular weight is 577 g/mol. The first-order valence-electron chi connectivity index (χ1n) is 13.7. The number of carbonyl (C=O) groups excluding carboxylic acids is 2. The molecule has 1 atom stereocenters. The first-order valence-corrected chi connectivity index (χ1v) is 13.7. The first kappa shape index (κ1) is 27.3. The molecule has 2 N–H and O–H groups in total. The summed E-state index contributed by atoms with van der Waals surface area (Å²) in [6, 6.07) is 18.8. The Labute approximate surface area is 241 Å². The fraction of sp³-hybridized carbons (Fsp3) is 0.267. The number of nitrogens with zero attached hydrogens (tertiary/aromatic N) is 4. The van der Waals surface area contributed by atoms with Gasteiger partial charge in [-0.1, -0.05) is 42.5 Å². The number of para-hydroxylation sites is 1.